The zero-order chi connectivity index (χ0) is 14.1. The average molecular weight is 301 g/mol. The molecule has 0 amide bonds. The van der Waals surface area contributed by atoms with Crippen molar-refractivity contribution in [2.75, 3.05) is 30.1 Å². The van der Waals surface area contributed by atoms with Gasteiger partial charge in [-0.05, 0) is 37.0 Å². The van der Waals surface area contributed by atoms with Crippen molar-refractivity contribution >= 4 is 27.3 Å². The van der Waals surface area contributed by atoms with E-state index < -0.39 is 9.84 Å². The van der Waals surface area contributed by atoms with E-state index in [4.69, 9.17) is 0 Å². The molecule has 0 atom stereocenters. The van der Waals surface area contributed by atoms with Crippen LogP contribution in [0, 0.1) is 0 Å². The second-order valence-electron chi connectivity index (χ2n) is 4.60. The van der Waals surface area contributed by atoms with E-state index in [1.807, 2.05) is 23.9 Å². The van der Waals surface area contributed by atoms with Crippen molar-refractivity contribution in [1.29, 1.82) is 0 Å². The summed E-state index contributed by atoms with van der Waals surface area (Å²) in [6, 6.07) is 7.08. The van der Waals surface area contributed by atoms with Crippen LogP contribution in [0.4, 0.5) is 5.69 Å². The lowest BCUT2D eigenvalue weighted by Crippen LogP contribution is -2.07. The molecule has 0 aliphatic carbocycles. The van der Waals surface area contributed by atoms with Crippen LogP contribution in [0.5, 0.6) is 0 Å². The van der Waals surface area contributed by atoms with Crippen molar-refractivity contribution in [3.63, 3.8) is 0 Å². The van der Waals surface area contributed by atoms with Crippen molar-refractivity contribution in [3.05, 3.63) is 24.3 Å². The Morgan fingerprint density at radius 3 is 2.47 bits per heavy atom. The zero-order valence-corrected chi connectivity index (χ0v) is 13.3. The van der Waals surface area contributed by atoms with E-state index in [0.717, 1.165) is 13.0 Å². The lowest BCUT2D eigenvalue weighted by molar-refractivity contribution is 0.602. The molecule has 0 unspecified atom stereocenters. The van der Waals surface area contributed by atoms with Gasteiger partial charge in [-0.25, -0.2) is 8.42 Å². The first-order valence-electron chi connectivity index (χ1n) is 6.57. The van der Waals surface area contributed by atoms with Crippen LogP contribution in [-0.4, -0.2) is 33.2 Å². The maximum atomic E-state index is 11.6. The fourth-order valence-electron chi connectivity index (χ4n) is 1.88. The Balaban J connectivity index is 2.38. The SMILES string of the molecule is CSCCCCCCNc1ccccc1S(C)(=O)=O. The highest BCUT2D eigenvalue weighted by Crippen LogP contribution is 2.20. The number of sulfone groups is 1. The number of nitrogens with one attached hydrogen (secondary N) is 1. The highest BCUT2D eigenvalue weighted by Gasteiger charge is 2.11. The van der Waals surface area contributed by atoms with Crippen molar-refractivity contribution in [2.45, 2.75) is 30.6 Å². The van der Waals surface area contributed by atoms with E-state index in [1.165, 1.54) is 31.3 Å². The van der Waals surface area contributed by atoms with Gasteiger partial charge in [-0.1, -0.05) is 25.0 Å². The average Bonchev–Trinajstić information content (AvgIpc) is 2.37. The van der Waals surface area contributed by atoms with E-state index in [-0.39, 0.29) is 0 Å². The summed E-state index contributed by atoms with van der Waals surface area (Å²) < 4.78 is 23.2. The van der Waals surface area contributed by atoms with Crippen LogP contribution in [0.3, 0.4) is 0 Å². The van der Waals surface area contributed by atoms with Crippen molar-refractivity contribution in [1.82, 2.24) is 0 Å². The molecule has 5 heteroatoms. The van der Waals surface area contributed by atoms with E-state index in [1.54, 1.807) is 12.1 Å². The van der Waals surface area contributed by atoms with Gasteiger partial charge in [0.2, 0.25) is 0 Å². The first kappa shape index (κ1) is 16.4. The number of anilines is 1. The second kappa shape index (κ2) is 8.48. The number of benzene rings is 1. The summed E-state index contributed by atoms with van der Waals surface area (Å²) in [5.41, 5.74) is 0.717. The van der Waals surface area contributed by atoms with Gasteiger partial charge in [-0.3, -0.25) is 0 Å². The fourth-order valence-corrected chi connectivity index (χ4v) is 3.24. The Morgan fingerprint density at radius 2 is 1.79 bits per heavy atom. The smallest absolute Gasteiger partial charge is 0.177 e. The number of thioether (sulfide) groups is 1. The van der Waals surface area contributed by atoms with Gasteiger partial charge in [0.1, 0.15) is 0 Å². The van der Waals surface area contributed by atoms with Crippen molar-refractivity contribution in [3.8, 4) is 0 Å². The van der Waals surface area contributed by atoms with Gasteiger partial charge in [0, 0.05) is 12.8 Å². The van der Waals surface area contributed by atoms with Crippen molar-refractivity contribution < 1.29 is 8.42 Å². The molecule has 3 nitrogen and oxygen atoms in total. The number of hydrogen-bond donors (Lipinski definition) is 1. The van der Waals surface area contributed by atoms with Crippen molar-refractivity contribution in [2.24, 2.45) is 0 Å². The third-order valence-corrected chi connectivity index (χ3v) is 4.73. The van der Waals surface area contributed by atoms with Gasteiger partial charge in [-0.2, -0.15) is 11.8 Å². The molecule has 0 bridgehead atoms. The molecule has 19 heavy (non-hydrogen) atoms. The summed E-state index contributed by atoms with van der Waals surface area (Å²) in [7, 11) is -3.15. The van der Waals surface area contributed by atoms with Crippen LogP contribution in [0.2, 0.25) is 0 Å². The Bertz CT molecular complexity index is 472. The minimum absolute atomic E-state index is 0.386. The highest BCUT2D eigenvalue weighted by molar-refractivity contribution is 7.98. The molecule has 0 spiro atoms. The first-order valence-corrected chi connectivity index (χ1v) is 9.86. The molecule has 0 saturated heterocycles. The molecular formula is C14H23NO2S2. The van der Waals surface area contributed by atoms with Crippen LogP contribution in [0.1, 0.15) is 25.7 Å². The quantitative estimate of drug-likeness (QED) is 0.710. The van der Waals surface area contributed by atoms with Gasteiger partial charge in [0.15, 0.2) is 9.84 Å². The molecule has 1 rings (SSSR count). The van der Waals surface area contributed by atoms with E-state index in [9.17, 15) is 8.42 Å². The molecule has 1 aromatic rings. The molecule has 0 saturated carbocycles. The standard InChI is InChI=1S/C14H23NO2S2/c1-18-12-8-4-3-7-11-15-13-9-5-6-10-14(13)19(2,16)17/h5-6,9-10,15H,3-4,7-8,11-12H2,1-2H3. The molecule has 0 aromatic heterocycles. The monoisotopic (exact) mass is 301 g/mol. The summed E-state index contributed by atoms with van der Waals surface area (Å²) in [4.78, 5) is 0.386. The number of hydrogen-bond acceptors (Lipinski definition) is 4. The number of para-hydroxylation sites is 1. The molecule has 1 N–H and O–H groups in total. The molecule has 0 aliphatic rings. The number of rotatable bonds is 9. The Labute approximate surface area is 121 Å². The topological polar surface area (TPSA) is 46.2 Å². The van der Waals surface area contributed by atoms with Gasteiger partial charge < -0.3 is 5.32 Å². The van der Waals surface area contributed by atoms with Crippen LogP contribution in [0.25, 0.3) is 0 Å². The molecule has 0 radical (unpaired) electrons. The first-order chi connectivity index (χ1) is 9.05. The van der Waals surface area contributed by atoms with E-state index >= 15 is 0 Å². The summed E-state index contributed by atoms with van der Waals surface area (Å²) in [6.45, 7) is 0.825. The minimum Gasteiger partial charge on any atom is -0.384 e. The van der Waals surface area contributed by atoms with Crippen LogP contribution < -0.4 is 5.32 Å². The van der Waals surface area contributed by atoms with Crippen LogP contribution in [0.15, 0.2) is 29.2 Å². The minimum atomic E-state index is -3.15. The molecule has 0 fully saturated rings. The number of unbranched alkanes of at least 4 members (excludes halogenated alkanes) is 3. The Kier molecular flexibility index (Phi) is 7.31. The Hall–Kier alpha value is -0.680. The van der Waals surface area contributed by atoms with Gasteiger partial charge in [0.25, 0.3) is 0 Å². The zero-order valence-electron chi connectivity index (χ0n) is 11.7. The maximum absolute atomic E-state index is 11.6. The lowest BCUT2D eigenvalue weighted by atomic mass is 10.2. The molecule has 1 aromatic carbocycles. The third kappa shape index (κ3) is 6.34. The summed E-state index contributed by atoms with van der Waals surface area (Å²) in [5.74, 6) is 1.23. The van der Waals surface area contributed by atoms with Crippen LogP contribution in [-0.2, 0) is 9.84 Å². The predicted octanol–water partition coefficient (Wildman–Crippen LogP) is 3.43. The normalized spacial score (nSPS) is 11.5. The van der Waals surface area contributed by atoms with E-state index in [0.29, 0.717) is 10.6 Å². The summed E-state index contributed by atoms with van der Waals surface area (Å²) in [6.07, 6.45) is 8.15. The molecule has 108 valence electrons. The lowest BCUT2D eigenvalue weighted by Gasteiger charge is -2.10. The van der Waals surface area contributed by atoms with Crippen LogP contribution >= 0.6 is 11.8 Å². The fraction of sp³-hybridized carbons (Fsp3) is 0.571. The highest BCUT2D eigenvalue weighted by atomic mass is 32.2. The van der Waals surface area contributed by atoms with Gasteiger partial charge in [-0.15, -0.1) is 0 Å². The maximum Gasteiger partial charge on any atom is 0.177 e. The summed E-state index contributed by atoms with van der Waals surface area (Å²) >= 11 is 1.88. The molecular weight excluding hydrogens is 278 g/mol. The molecule has 0 heterocycles. The largest absolute Gasteiger partial charge is 0.384 e. The summed E-state index contributed by atoms with van der Waals surface area (Å²) in [5, 5.41) is 3.23. The van der Waals surface area contributed by atoms with E-state index in [2.05, 4.69) is 11.6 Å². The second-order valence-corrected chi connectivity index (χ2v) is 7.57. The Morgan fingerprint density at radius 1 is 1.11 bits per heavy atom. The van der Waals surface area contributed by atoms with Gasteiger partial charge in [0.05, 0.1) is 10.6 Å². The predicted molar refractivity (Wildman–Crippen MR) is 84.9 cm³/mol. The third-order valence-electron chi connectivity index (χ3n) is 2.88. The van der Waals surface area contributed by atoms with Gasteiger partial charge >= 0.3 is 0 Å². The molecule has 0 aliphatic heterocycles.